The molecule has 1 aliphatic heterocycles. The molecule has 2 rings (SSSR count). The third kappa shape index (κ3) is 3.49. The van der Waals surface area contributed by atoms with Crippen molar-refractivity contribution < 1.29 is 9.53 Å². The van der Waals surface area contributed by atoms with E-state index in [0.717, 1.165) is 24.4 Å². The van der Waals surface area contributed by atoms with E-state index >= 15 is 0 Å². The molecule has 0 bridgehead atoms. The molecule has 0 aromatic heterocycles. The molecule has 5 nitrogen and oxygen atoms in total. The second kappa shape index (κ2) is 6.72. The summed E-state index contributed by atoms with van der Waals surface area (Å²) < 4.78 is 5.44. The van der Waals surface area contributed by atoms with E-state index in [0.29, 0.717) is 13.2 Å². The summed E-state index contributed by atoms with van der Waals surface area (Å²) in [5.41, 5.74) is 1.10. The van der Waals surface area contributed by atoms with E-state index in [2.05, 4.69) is 10.2 Å². The molecular weight excluding hydrogens is 254 g/mol. The zero-order valence-corrected chi connectivity index (χ0v) is 12.4. The lowest BCUT2D eigenvalue weighted by Gasteiger charge is -2.26. The van der Waals surface area contributed by atoms with Crippen LogP contribution in [-0.2, 0) is 4.79 Å². The van der Waals surface area contributed by atoms with Gasteiger partial charge in [0.1, 0.15) is 11.9 Å². The van der Waals surface area contributed by atoms with Crippen LogP contribution >= 0.6 is 0 Å². The first-order valence-corrected chi connectivity index (χ1v) is 7.02. The van der Waals surface area contributed by atoms with Gasteiger partial charge in [0.15, 0.2) is 0 Å². The van der Waals surface area contributed by atoms with Crippen LogP contribution in [0.3, 0.4) is 0 Å². The summed E-state index contributed by atoms with van der Waals surface area (Å²) in [6.07, 6.45) is -0.0295. The summed E-state index contributed by atoms with van der Waals surface area (Å²) in [6, 6.07) is 7.94. The second-order valence-corrected chi connectivity index (χ2v) is 5.18. The van der Waals surface area contributed by atoms with Gasteiger partial charge < -0.3 is 14.5 Å². The van der Waals surface area contributed by atoms with Gasteiger partial charge in [-0.1, -0.05) is 12.1 Å². The fourth-order valence-electron chi connectivity index (χ4n) is 2.31. The van der Waals surface area contributed by atoms with Crippen molar-refractivity contribution in [1.82, 2.24) is 15.1 Å². The van der Waals surface area contributed by atoms with Gasteiger partial charge in [-0.25, -0.2) is 0 Å². The normalized spacial score (nSPS) is 18.9. The molecule has 0 radical (unpaired) electrons. The number of hydrogen-bond acceptors (Lipinski definition) is 4. The van der Waals surface area contributed by atoms with Crippen molar-refractivity contribution in [3.05, 3.63) is 29.8 Å². The predicted octanol–water partition coefficient (Wildman–Crippen LogP) is 1.08. The van der Waals surface area contributed by atoms with Gasteiger partial charge in [-0.05, 0) is 38.7 Å². The highest BCUT2D eigenvalue weighted by Gasteiger charge is 2.31. The molecule has 1 fully saturated rings. The lowest BCUT2D eigenvalue weighted by atomic mass is 10.1. The molecule has 1 atom stereocenters. The van der Waals surface area contributed by atoms with Crippen LogP contribution in [0, 0.1) is 0 Å². The van der Waals surface area contributed by atoms with Crippen LogP contribution in [0.5, 0.6) is 5.75 Å². The Labute approximate surface area is 120 Å². The Kier molecular flexibility index (Phi) is 4.98. The number of nitrogens with zero attached hydrogens (tertiary/aromatic N) is 2. The molecule has 0 aliphatic carbocycles. The monoisotopic (exact) mass is 277 g/mol. The molecule has 1 saturated heterocycles. The zero-order chi connectivity index (χ0) is 14.5. The second-order valence-electron chi connectivity index (χ2n) is 5.18. The standard InChI is InChI=1S/C15H23N3O2/c1-4-20-13-7-5-12(6-8-13)15-16-11-14(19)18(15)10-9-17(2)3/h5-8,15-16H,4,9-11H2,1-3H3. The van der Waals surface area contributed by atoms with Crippen LogP contribution in [0.25, 0.3) is 0 Å². The van der Waals surface area contributed by atoms with Gasteiger partial charge in [-0.2, -0.15) is 0 Å². The minimum absolute atomic E-state index is 0.0295. The van der Waals surface area contributed by atoms with Crippen molar-refractivity contribution in [2.24, 2.45) is 0 Å². The Balaban J connectivity index is 2.07. The largest absolute Gasteiger partial charge is 0.494 e. The molecule has 0 spiro atoms. The predicted molar refractivity (Wildman–Crippen MR) is 78.6 cm³/mol. The van der Waals surface area contributed by atoms with Crippen molar-refractivity contribution in [3.63, 3.8) is 0 Å². The Bertz CT molecular complexity index is 445. The SMILES string of the molecule is CCOc1ccc(C2NCC(=O)N2CCN(C)C)cc1. The topological polar surface area (TPSA) is 44.8 Å². The number of nitrogens with one attached hydrogen (secondary N) is 1. The van der Waals surface area contributed by atoms with Gasteiger partial charge in [-0.15, -0.1) is 0 Å². The number of carbonyl (C=O) groups is 1. The molecular formula is C15H23N3O2. The highest BCUT2D eigenvalue weighted by atomic mass is 16.5. The first-order chi connectivity index (χ1) is 9.61. The first kappa shape index (κ1) is 14.8. The van der Waals surface area contributed by atoms with E-state index in [4.69, 9.17) is 4.74 Å². The maximum absolute atomic E-state index is 12.0. The van der Waals surface area contributed by atoms with Crippen LogP contribution in [0.1, 0.15) is 18.7 Å². The minimum atomic E-state index is -0.0295. The molecule has 1 aromatic carbocycles. The summed E-state index contributed by atoms with van der Waals surface area (Å²) >= 11 is 0. The minimum Gasteiger partial charge on any atom is -0.494 e. The Morgan fingerprint density at radius 3 is 2.65 bits per heavy atom. The summed E-state index contributed by atoms with van der Waals surface area (Å²) in [4.78, 5) is 15.9. The Hall–Kier alpha value is -1.59. The number of rotatable bonds is 6. The highest BCUT2D eigenvalue weighted by molar-refractivity contribution is 5.81. The van der Waals surface area contributed by atoms with Crippen LogP contribution in [-0.4, -0.2) is 56.0 Å². The van der Waals surface area contributed by atoms with Gasteiger partial charge >= 0.3 is 0 Å². The third-order valence-corrected chi connectivity index (χ3v) is 3.37. The van der Waals surface area contributed by atoms with Crippen LogP contribution in [0.2, 0.25) is 0 Å². The highest BCUT2D eigenvalue weighted by Crippen LogP contribution is 2.24. The van der Waals surface area contributed by atoms with Crippen molar-refractivity contribution in [2.75, 3.05) is 40.3 Å². The maximum atomic E-state index is 12.0. The molecule has 1 aromatic rings. The zero-order valence-electron chi connectivity index (χ0n) is 12.4. The molecule has 1 unspecified atom stereocenters. The molecule has 0 saturated carbocycles. The number of hydrogen-bond donors (Lipinski definition) is 1. The van der Waals surface area contributed by atoms with Crippen molar-refractivity contribution in [3.8, 4) is 5.75 Å². The lowest BCUT2D eigenvalue weighted by Crippen LogP contribution is -2.36. The van der Waals surface area contributed by atoms with Crippen LogP contribution in [0.15, 0.2) is 24.3 Å². The van der Waals surface area contributed by atoms with E-state index in [1.54, 1.807) is 0 Å². The Morgan fingerprint density at radius 1 is 1.35 bits per heavy atom. The van der Waals surface area contributed by atoms with E-state index in [1.165, 1.54) is 0 Å². The fourth-order valence-corrected chi connectivity index (χ4v) is 2.31. The van der Waals surface area contributed by atoms with E-state index < -0.39 is 0 Å². The molecule has 110 valence electrons. The number of ether oxygens (including phenoxy) is 1. The molecule has 1 amide bonds. The number of likely N-dealkylation sites (N-methyl/N-ethyl adjacent to an activating group) is 1. The van der Waals surface area contributed by atoms with Crippen molar-refractivity contribution in [1.29, 1.82) is 0 Å². The van der Waals surface area contributed by atoms with Gasteiger partial charge in [-0.3, -0.25) is 10.1 Å². The maximum Gasteiger partial charge on any atom is 0.238 e. The van der Waals surface area contributed by atoms with Crippen LogP contribution in [0.4, 0.5) is 0 Å². The number of carbonyl (C=O) groups excluding carboxylic acids is 1. The average Bonchev–Trinajstić information content (AvgIpc) is 2.79. The lowest BCUT2D eigenvalue weighted by molar-refractivity contribution is -0.128. The third-order valence-electron chi connectivity index (χ3n) is 3.37. The average molecular weight is 277 g/mol. The van der Waals surface area contributed by atoms with Gasteiger partial charge in [0.25, 0.3) is 0 Å². The Morgan fingerprint density at radius 2 is 2.05 bits per heavy atom. The van der Waals surface area contributed by atoms with E-state index in [9.17, 15) is 4.79 Å². The fraction of sp³-hybridized carbons (Fsp3) is 0.533. The van der Waals surface area contributed by atoms with E-state index in [1.807, 2.05) is 50.2 Å². The number of benzene rings is 1. The van der Waals surface area contributed by atoms with Crippen LogP contribution < -0.4 is 10.1 Å². The van der Waals surface area contributed by atoms with Crippen molar-refractivity contribution >= 4 is 5.91 Å². The summed E-state index contributed by atoms with van der Waals surface area (Å²) in [5, 5.41) is 3.26. The quantitative estimate of drug-likeness (QED) is 0.845. The molecule has 1 N–H and O–H groups in total. The first-order valence-electron chi connectivity index (χ1n) is 7.02. The summed E-state index contributed by atoms with van der Waals surface area (Å²) in [5.74, 6) is 1.02. The van der Waals surface area contributed by atoms with E-state index in [-0.39, 0.29) is 12.1 Å². The van der Waals surface area contributed by atoms with Gasteiger partial charge in [0.05, 0.1) is 13.2 Å². The molecule has 1 heterocycles. The molecule has 20 heavy (non-hydrogen) atoms. The summed E-state index contributed by atoms with van der Waals surface area (Å²) in [7, 11) is 4.03. The smallest absolute Gasteiger partial charge is 0.238 e. The number of amides is 1. The molecule has 1 aliphatic rings. The van der Waals surface area contributed by atoms with Gasteiger partial charge in [0.2, 0.25) is 5.91 Å². The van der Waals surface area contributed by atoms with Crippen molar-refractivity contribution in [2.45, 2.75) is 13.1 Å². The molecule has 5 heteroatoms. The van der Waals surface area contributed by atoms with Gasteiger partial charge in [0, 0.05) is 13.1 Å². The summed E-state index contributed by atoms with van der Waals surface area (Å²) in [6.45, 7) is 4.63.